The van der Waals surface area contributed by atoms with Gasteiger partial charge in [-0.2, -0.15) is 0 Å². The maximum Gasteiger partial charge on any atom is 0.135 e. The third-order valence-electron chi connectivity index (χ3n) is 4.40. The lowest BCUT2D eigenvalue weighted by molar-refractivity contribution is 0.327. The quantitative estimate of drug-likeness (QED) is 0.852. The van der Waals surface area contributed by atoms with E-state index >= 15 is 0 Å². The second kappa shape index (κ2) is 6.91. The van der Waals surface area contributed by atoms with Crippen LogP contribution in [0.25, 0.3) is 0 Å². The number of anilines is 2. The fraction of sp³-hybridized carbons (Fsp3) is 0.750. The van der Waals surface area contributed by atoms with Gasteiger partial charge < -0.3 is 10.6 Å². The monoisotopic (exact) mass is 276 g/mol. The van der Waals surface area contributed by atoms with E-state index in [1.165, 1.54) is 37.7 Å². The zero-order valence-corrected chi connectivity index (χ0v) is 13.2. The highest BCUT2D eigenvalue weighted by Crippen LogP contribution is 2.32. The second-order valence-corrected chi connectivity index (χ2v) is 6.17. The molecule has 0 aromatic carbocycles. The van der Waals surface area contributed by atoms with Gasteiger partial charge in [-0.05, 0) is 24.7 Å². The summed E-state index contributed by atoms with van der Waals surface area (Å²) in [6, 6.07) is 0.561. The first-order valence-corrected chi connectivity index (χ1v) is 7.94. The molecule has 0 aliphatic heterocycles. The van der Waals surface area contributed by atoms with Crippen LogP contribution in [0, 0.1) is 5.92 Å². The molecule has 4 nitrogen and oxygen atoms in total. The molecule has 0 bridgehead atoms. The van der Waals surface area contributed by atoms with E-state index in [1.807, 2.05) is 7.05 Å². The van der Waals surface area contributed by atoms with Crippen LogP contribution in [0.1, 0.15) is 64.4 Å². The Morgan fingerprint density at radius 3 is 2.65 bits per heavy atom. The van der Waals surface area contributed by atoms with Gasteiger partial charge in [-0.15, -0.1) is 0 Å². The molecule has 1 aromatic heterocycles. The van der Waals surface area contributed by atoms with Gasteiger partial charge in [0, 0.05) is 18.7 Å². The predicted molar refractivity (Wildman–Crippen MR) is 85.3 cm³/mol. The van der Waals surface area contributed by atoms with Gasteiger partial charge in [0.25, 0.3) is 0 Å². The lowest BCUT2D eigenvalue weighted by Gasteiger charge is -2.30. The van der Waals surface area contributed by atoms with Crippen LogP contribution in [-0.2, 0) is 0 Å². The van der Waals surface area contributed by atoms with Crippen molar-refractivity contribution in [3.63, 3.8) is 0 Å². The van der Waals surface area contributed by atoms with Gasteiger partial charge in [-0.3, -0.25) is 0 Å². The molecule has 1 aliphatic carbocycles. The minimum atomic E-state index is 0.409. The van der Waals surface area contributed by atoms with E-state index in [1.54, 1.807) is 6.33 Å². The molecular weight excluding hydrogens is 248 g/mol. The Kier molecular flexibility index (Phi) is 5.21. The summed E-state index contributed by atoms with van der Waals surface area (Å²) in [6.07, 6.45) is 8.19. The van der Waals surface area contributed by atoms with Gasteiger partial charge in [-0.25, -0.2) is 9.97 Å². The zero-order valence-electron chi connectivity index (χ0n) is 13.2. The first kappa shape index (κ1) is 15.1. The highest BCUT2D eigenvalue weighted by molar-refractivity contribution is 5.59. The van der Waals surface area contributed by atoms with Crippen LogP contribution in [0.15, 0.2) is 6.33 Å². The predicted octanol–water partition coefficient (Wildman–Crippen LogP) is 4.02. The van der Waals surface area contributed by atoms with Gasteiger partial charge in [0.05, 0.1) is 0 Å². The molecule has 1 fully saturated rings. The summed E-state index contributed by atoms with van der Waals surface area (Å²) in [6.45, 7) is 6.69. The maximum atomic E-state index is 4.49. The molecule has 2 N–H and O–H groups in total. The summed E-state index contributed by atoms with van der Waals surface area (Å²) in [7, 11) is 1.92. The Morgan fingerprint density at radius 1 is 1.25 bits per heavy atom. The average Bonchev–Trinajstić information content (AvgIpc) is 2.46. The van der Waals surface area contributed by atoms with E-state index in [-0.39, 0.29) is 0 Å². The number of hydrogen-bond donors (Lipinski definition) is 2. The molecule has 1 aliphatic rings. The topological polar surface area (TPSA) is 49.8 Å². The van der Waals surface area contributed by atoms with E-state index in [4.69, 9.17) is 0 Å². The van der Waals surface area contributed by atoms with Crippen molar-refractivity contribution < 1.29 is 0 Å². The van der Waals surface area contributed by atoms with Crippen molar-refractivity contribution >= 4 is 11.6 Å². The van der Waals surface area contributed by atoms with Crippen molar-refractivity contribution in [3.05, 3.63) is 11.9 Å². The van der Waals surface area contributed by atoms with E-state index in [0.717, 1.165) is 17.6 Å². The number of nitrogens with one attached hydrogen (secondary N) is 2. The Hall–Kier alpha value is -1.32. The summed E-state index contributed by atoms with van der Waals surface area (Å²) >= 11 is 0. The summed E-state index contributed by atoms with van der Waals surface area (Å²) in [5.41, 5.74) is 1.20. The molecule has 1 saturated carbocycles. The fourth-order valence-electron chi connectivity index (χ4n) is 3.24. The minimum Gasteiger partial charge on any atom is -0.373 e. The van der Waals surface area contributed by atoms with Crippen molar-refractivity contribution in [1.82, 2.24) is 9.97 Å². The molecule has 0 spiro atoms. The number of hydrogen-bond acceptors (Lipinski definition) is 4. The molecule has 2 unspecified atom stereocenters. The molecule has 20 heavy (non-hydrogen) atoms. The average molecular weight is 276 g/mol. The van der Waals surface area contributed by atoms with Crippen LogP contribution in [0.2, 0.25) is 0 Å². The van der Waals surface area contributed by atoms with Crippen LogP contribution in [0.5, 0.6) is 0 Å². The minimum absolute atomic E-state index is 0.409. The van der Waals surface area contributed by atoms with Gasteiger partial charge in [0.15, 0.2) is 0 Å². The largest absolute Gasteiger partial charge is 0.373 e. The SMILES string of the molecule is CCC1CCCC(Nc2ncnc(NC)c2C(C)C)C1. The summed E-state index contributed by atoms with van der Waals surface area (Å²) in [5.74, 6) is 3.24. The second-order valence-electron chi connectivity index (χ2n) is 6.17. The molecule has 112 valence electrons. The van der Waals surface area contributed by atoms with Crippen molar-refractivity contribution in [1.29, 1.82) is 0 Å². The number of aromatic nitrogens is 2. The van der Waals surface area contributed by atoms with Crippen LogP contribution < -0.4 is 10.6 Å². The van der Waals surface area contributed by atoms with Crippen LogP contribution in [0.4, 0.5) is 11.6 Å². The highest BCUT2D eigenvalue weighted by atomic mass is 15.1. The molecule has 2 atom stereocenters. The summed E-state index contributed by atoms with van der Waals surface area (Å²) in [5, 5.41) is 6.86. The highest BCUT2D eigenvalue weighted by Gasteiger charge is 2.23. The first-order chi connectivity index (χ1) is 9.65. The Morgan fingerprint density at radius 2 is 2.00 bits per heavy atom. The molecule has 0 radical (unpaired) electrons. The summed E-state index contributed by atoms with van der Waals surface area (Å²) < 4.78 is 0. The molecule has 4 heteroatoms. The van der Waals surface area contributed by atoms with Crippen molar-refractivity contribution in [2.75, 3.05) is 17.7 Å². The van der Waals surface area contributed by atoms with Crippen LogP contribution >= 0.6 is 0 Å². The maximum absolute atomic E-state index is 4.49. The van der Waals surface area contributed by atoms with E-state index < -0.39 is 0 Å². The van der Waals surface area contributed by atoms with E-state index in [0.29, 0.717) is 12.0 Å². The smallest absolute Gasteiger partial charge is 0.135 e. The normalized spacial score (nSPS) is 22.9. The van der Waals surface area contributed by atoms with Crippen molar-refractivity contribution in [3.8, 4) is 0 Å². The molecule has 0 saturated heterocycles. The van der Waals surface area contributed by atoms with Crippen molar-refractivity contribution in [2.24, 2.45) is 5.92 Å². The molecule has 0 amide bonds. The summed E-state index contributed by atoms with van der Waals surface area (Å²) in [4.78, 5) is 8.83. The van der Waals surface area contributed by atoms with E-state index in [2.05, 4.69) is 41.4 Å². The Bertz CT molecular complexity index is 430. The lowest BCUT2D eigenvalue weighted by Crippen LogP contribution is -2.28. The third kappa shape index (κ3) is 3.41. The molecule has 1 aromatic rings. The molecule has 1 heterocycles. The standard InChI is InChI=1S/C16H28N4/c1-5-12-7-6-8-13(9-12)20-16-14(11(2)3)15(17-4)18-10-19-16/h10-13H,5-9H2,1-4H3,(H2,17,18,19,20). The van der Waals surface area contributed by atoms with Gasteiger partial charge >= 0.3 is 0 Å². The Balaban J connectivity index is 2.16. The number of nitrogens with zero attached hydrogens (tertiary/aromatic N) is 2. The van der Waals surface area contributed by atoms with Crippen LogP contribution in [-0.4, -0.2) is 23.1 Å². The Labute approximate surface area is 122 Å². The van der Waals surface area contributed by atoms with Crippen LogP contribution in [0.3, 0.4) is 0 Å². The third-order valence-corrected chi connectivity index (χ3v) is 4.40. The lowest BCUT2D eigenvalue weighted by atomic mass is 9.84. The first-order valence-electron chi connectivity index (χ1n) is 7.94. The van der Waals surface area contributed by atoms with Crippen molar-refractivity contribution in [2.45, 2.75) is 64.8 Å². The van der Waals surface area contributed by atoms with Gasteiger partial charge in [0.2, 0.25) is 0 Å². The zero-order chi connectivity index (χ0) is 14.5. The van der Waals surface area contributed by atoms with Gasteiger partial charge in [-0.1, -0.05) is 40.0 Å². The molecule has 2 rings (SSSR count). The fourth-order valence-corrected chi connectivity index (χ4v) is 3.24. The van der Waals surface area contributed by atoms with E-state index in [9.17, 15) is 0 Å². The number of rotatable bonds is 5. The van der Waals surface area contributed by atoms with Gasteiger partial charge in [0.1, 0.15) is 18.0 Å². The molecular formula is C16H28N4.